The van der Waals surface area contributed by atoms with Gasteiger partial charge in [-0.05, 0) is 13.0 Å². The number of rotatable bonds is 3. The number of hydrogen-bond donors (Lipinski definition) is 1. The van der Waals surface area contributed by atoms with Gasteiger partial charge in [-0.3, -0.25) is 4.68 Å². The molecule has 0 radical (unpaired) electrons. The van der Waals surface area contributed by atoms with Crippen molar-refractivity contribution in [3.05, 3.63) is 42.2 Å². The highest BCUT2D eigenvalue weighted by molar-refractivity contribution is 5.46. The minimum Gasteiger partial charge on any atom is -0.493 e. The van der Waals surface area contributed by atoms with Gasteiger partial charge in [0.05, 0.1) is 24.5 Å². The molecule has 0 fully saturated rings. The van der Waals surface area contributed by atoms with Crippen molar-refractivity contribution in [2.45, 2.75) is 25.9 Å². The smallest absolute Gasteiger partial charge is 0.124 e. The van der Waals surface area contributed by atoms with E-state index in [0.29, 0.717) is 6.04 Å². The topological polar surface area (TPSA) is 39.1 Å². The normalized spacial score (nSPS) is 17.9. The summed E-state index contributed by atoms with van der Waals surface area (Å²) in [6.45, 7) is 3.74. The summed E-state index contributed by atoms with van der Waals surface area (Å²) in [7, 11) is 0. The molecule has 0 bridgehead atoms. The molecule has 1 N–H and O–H groups in total. The van der Waals surface area contributed by atoms with Gasteiger partial charge in [-0.1, -0.05) is 18.2 Å². The van der Waals surface area contributed by atoms with Crippen LogP contribution in [0, 0.1) is 0 Å². The third-order valence-corrected chi connectivity index (χ3v) is 3.26. The average Bonchev–Trinajstić information content (AvgIpc) is 2.87. The molecule has 0 amide bonds. The van der Waals surface area contributed by atoms with Crippen LogP contribution in [0.25, 0.3) is 0 Å². The van der Waals surface area contributed by atoms with E-state index in [9.17, 15) is 0 Å². The second-order valence-electron chi connectivity index (χ2n) is 4.46. The van der Waals surface area contributed by atoms with Crippen LogP contribution in [0.1, 0.15) is 24.9 Å². The van der Waals surface area contributed by atoms with Crippen LogP contribution in [-0.4, -0.2) is 16.4 Å². The van der Waals surface area contributed by atoms with Crippen LogP contribution in [0.3, 0.4) is 0 Å². The third-order valence-electron chi connectivity index (χ3n) is 3.26. The van der Waals surface area contributed by atoms with Crippen molar-refractivity contribution in [2.75, 3.05) is 11.9 Å². The molecule has 1 aromatic carbocycles. The molecule has 4 nitrogen and oxygen atoms in total. The Labute approximate surface area is 107 Å². The fraction of sp³-hybridized carbons (Fsp3) is 0.357. The van der Waals surface area contributed by atoms with Gasteiger partial charge in [0.2, 0.25) is 0 Å². The minimum absolute atomic E-state index is 0.310. The van der Waals surface area contributed by atoms with Crippen molar-refractivity contribution in [2.24, 2.45) is 0 Å². The Morgan fingerprint density at radius 2 is 2.33 bits per heavy atom. The van der Waals surface area contributed by atoms with Gasteiger partial charge in [-0.2, -0.15) is 5.10 Å². The Balaban J connectivity index is 1.81. The highest BCUT2D eigenvalue weighted by Crippen LogP contribution is 2.33. The molecule has 1 aliphatic heterocycles. The number of ether oxygens (including phenoxy) is 1. The van der Waals surface area contributed by atoms with Crippen LogP contribution >= 0.6 is 0 Å². The van der Waals surface area contributed by atoms with E-state index < -0.39 is 0 Å². The number of anilines is 1. The molecule has 1 atom stereocenters. The first-order valence-electron chi connectivity index (χ1n) is 6.37. The standard InChI is InChI=1S/C14H17N3O/c1-2-17-10-11(9-15-17)16-13-7-8-18-14-6-4-3-5-12(13)14/h3-6,9-10,13,16H,2,7-8H2,1H3. The largest absolute Gasteiger partial charge is 0.493 e. The van der Waals surface area contributed by atoms with Crippen LogP contribution in [0.5, 0.6) is 5.75 Å². The fourth-order valence-corrected chi connectivity index (χ4v) is 2.30. The van der Waals surface area contributed by atoms with Crippen LogP contribution in [0.4, 0.5) is 5.69 Å². The fourth-order valence-electron chi connectivity index (χ4n) is 2.30. The van der Waals surface area contributed by atoms with Crippen LogP contribution in [0.15, 0.2) is 36.7 Å². The third kappa shape index (κ3) is 2.06. The van der Waals surface area contributed by atoms with Gasteiger partial charge in [-0.15, -0.1) is 0 Å². The van der Waals surface area contributed by atoms with E-state index in [0.717, 1.165) is 31.0 Å². The zero-order valence-corrected chi connectivity index (χ0v) is 10.5. The number of nitrogens with zero attached hydrogens (tertiary/aromatic N) is 2. The van der Waals surface area contributed by atoms with Crippen LogP contribution in [-0.2, 0) is 6.54 Å². The number of nitrogens with one attached hydrogen (secondary N) is 1. The molecular formula is C14H17N3O. The Kier molecular flexibility index (Phi) is 2.92. The number of aryl methyl sites for hydroxylation is 1. The maximum absolute atomic E-state index is 5.66. The van der Waals surface area contributed by atoms with E-state index in [1.165, 1.54) is 5.56 Å². The van der Waals surface area contributed by atoms with Gasteiger partial charge in [0.1, 0.15) is 5.75 Å². The molecule has 2 heterocycles. The number of para-hydroxylation sites is 1. The molecule has 0 saturated heterocycles. The lowest BCUT2D eigenvalue weighted by Gasteiger charge is -2.26. The molecule has 1 unspecified atom stereocenters. The van der Waals surface area contributed by atoms with E-state index in [-0.39, 0.29) is 0 Å². The number of hydrogen-bond acceptors (Lipinski definition) is 3. The van der Waals surface area contributed by atoms with Crippen molar-refractivity contribution in [1.82, 2.24) is 9.78 Å². The summed E-state index contributed by atoms with van der Waals surface area (Å²) in [5.41, 5.74) is 2.30. The first-order valence-corrected chi connectivity index (χ1v) is 6.37. The zero-order chi connectivity index (χ0) is 12.4. The van der Waals surface area contributed by atoms with Gasteiger partial charge in [0.25, 0.3) is 0 Å². The van der Waals surface area contributed by atoms with Gasteiger partial charge in [0.15, 0.2) is 0 Å². The van der Waals surface area contributed by atoms with Crippen molar-refractivity contribution in [1.29, 1.82) is 0 Å². The Hall–Kier alpha value is -1.97. The Morgan fingerprint density at radius 3 is 3.17 bits per heavy atom. The highest BCUT2D eigenvalue weighted by Gasteiger charge is 2.20. The molecule has 0 saturated carbocycles. The molecule has 3 rings (SSSR count). The first-order chi connectivity index (χ1) is 8.86. The second-order valence-corrected chi connectivity index (χ2v) is 4.46. The van der Waals surface area contributed by atoms with Gasteiger partial charge in [0, 0.05) is 24.7 Å². The molecule has 0 aliphatic carbocycles. The maximum Gasteiger partial charge on any atom is 0.124 e. The summed E-state index contributed by atoms with van der Waals surface area (Å²) >= 11 is 0. The zero-order valence-electron chi connectivity index (χ0n) is 10.5. The molecule has 4 heteroatoms. The van der Waals surface area contributed by atoms with Crippen molar-refractivity contribution < 1.29 is 4.74 Å². The van der Waals surface area contributed by atoms with Crippen LogP contribution < -0.4 is 10.1 Å². The van der Waals surface area contributed by atoms with Gasteiger partial charge >= 0.3 is 0 Å². The van der Waals surface area contributed by atoms with Crippen molar-refractivity contribution in [3.63, 3.8) is 0 Å². The number of fused-ring (bicyclic) bond motifs is 1. The summed E-state index contributed by atoms with van der Waals surface area (Å²) in [5.74, 6) is 0.990. The van der Waals surface area contributed by atoms with E-state index in [4.69, 9.17) is 4.74 Å². The molecular weight excluding hydrogens is 226 g/mol. The molecule has 2 aromatic rings. The summed E-state index contributed by atoms with van der Waals surface area (Å²) in [4.78, 5) is 0. The molecule has 94 valence electrons. The van der Waals surface area contributed by atoms with E-state index in [1.54, 1.807) is 0 Å². The maximum atomic E-state index is 5.66. The summed E-state index contributed by atoms with van der Waals surface area (Å²) in [6, 6.07) is 8.52. The Morgan fingerprint density at radius 1 is 1.44 bits per heavy atom. The van der Waals surface area contributed by atoms with Crippen molar-refractivity contribution in [3.8, 4) is 5.75 Å². The lowest BCUT2D eigenvalue weighted by Crippen LogP contribution is -2.20. The average molecular weight is 243 g/mol. The van der Waals surface area contributed by atoms with Gasteiger partial charge < -0.3 is 10.1 Å². The second kappa shape index (κ2) is 4.72. The monoisotopic (exact) mass is 243 g/mol. The SMILES string of the molecule is CCn1cc(NC2CCOc3ccccc32)cn1. The lowest BCUT2D eigenvalue weighted by molar-refractivity contribution is 0.274. The van der Waals surface area contributed by atoms with Crippen molar-refractivity contribution >= 4 is 5.69 Å². The van der Waals surface area contributed by atoms with E-state index in [2.05, 4.69) is 29.5 Å². The van der Waals surface area contributed by atoms with E-state index >= 15 is 0 Å². The predicted octanol–water partition coefficient (Wildman–Crippen LogP) is 2.84. The molecule has 18 heavy (non-hydrogen) atoms. The van der Waals surface area contributed by atoms with Crippen LogP contribution in [0.2, 0.25) is 0 Å². The molecule has 1 aromatic heterocycles. The highest BCUT2D eigenvalue weighted by atomic mass is 16.5. The molecule has 0 spiro atoms. The summed E-state index contributed by atoms with van der Waals surface area (Å²) < 4.78 is 7.58. The summed E-state index contributed by atoms with van der Waals surface area (Å²) in [5, 5.41) is 7.81. The number of aromatic nitrogens is 2. The predicted molar refractivity (Wildman–Crippen MR) is 70.8 cm³/mol. The quantitative estimate of drug-likeness (QED) is 0.901. The first kappa shape index (κ1) is 11.1. The molecule has 1 aliphatic rings. The lowest BCUT2D eigenvalue weighted by atomic mass is 10.0. The minimum atomic E-state index is 0.310. The number of benzene rings is 1. The van der Waals surface area contributed by atoms with E-state index in [1.807, 2.05) is 29.2 Å². The van der Waals surface area contributed by atoms with Gasteiger partial charge in [-0.25, -0.2) is 0 Å². The summed E-state index contributed by atoms with van der Waals surface area (Å²) in [6.07, 6.45) is 4.90. The Bertz CT molecular complexity index is 535.